The topological polar surface area (TPSA) is 108 Å². The lowest BCUT2D eigenvalue weighted by molar-refractivity contribution is -0.119. The standard InChI is InChI=1S/C21H24BrN7O/c22-18-12-25-21(29-19(18)24-9-8-17-11-23-13-26-17)28-16-7-3-6-15(10-16)27-20(30)14-4-1-2-5-14/h3,6-7,10-14H,1-2,4-5,8-9H2,(H,23,26)(H,27,30)(H2,24,25,28,29). The monoisotopic (exact) mass is 469 g/mol. The third-order valence-corrected chi connectivity index (χ3v) is 5.67. The number of hydrogen-bond donors (Lipinski definition) is 4. The van der Waals surface area contributed by atoms with Gasteiger partial charge in [0, 0.05) is 42.7 Å². The number of halogens is 1. The van der Waals surface area contributed by atoms with Gasteiger partial charge in [-0.25, -0.2) is 9.97 Å². The number of imidazole rings is 1. The van der Waals surface area contributed by atoms with Crippen LogP contribution in [0.25, 0.3) is 0 Å². The zero-order valence-electron chi connectivity index (χ0n) is 16.5. The average Bonchev–Trinajstić information content (AvgIpc) is 3.45. The number of rotatable bonds is 8. The second-order valence-electron chi connectivity index (χ2n) is 7.30. The van der Waals surface area contributed by atoms with E-state index < -0.39 is 0 Å². The number of H-pyrrole nitrogens is 1. The molecule has 0 atom stereocenters. The normalized spacial score (nSPS) is 13.9. The van der Waals surface area contributed by atoms with Crippen molar-refractivity contribution in [1.82, 2.24) is 19.9 Å². The summed E-state index contributed by atoms with van der Waals surface area (Å²) in [4.78, 5) is 28.4. The summed E-state index contributed by atoms with van der Waals surface area (Å²) in [7, 11) is 0. The molecule has 0 radical (unpaired) electrons. The summed E-state index contributed by atoms with van der Waals surface area (Å²) in [5.74, 6) is 1.41. The van der Waals surface area contributed by atoms with E-state index in [1.807, 2.05) is 30.5 Å². The van der Waals surface area contributed by atoms with E-state index in [4.69, 9.17) is 0 Å². The van der Waals surface area contributed by atoms with Gasteiger partial charge in [-0.3, -0.25) is 4.79 Å². The summed E-state index contributed by atoms with van der Waals surface area (Å²) in [6.07, 6.45) is 10.3. The molecule has 9 heteroatoms. The minimum absolute atomic E-state index is 0.105. The fourth-order valence-electron chi connectivity index (χ4n) is 3.52. The van der Waals surface area contributed by atoms with Crippen molar-refractivity contribution in [3.63, 3.8) is 0 Å². The first-order valence-electron chi connectivity index (χ1n) is 10.1. The predicted octanol–water partition coefficient (Wildman–Crippen LogP) is 4.49. The fourth-order valence-corrected chi connectivity index (χ4v) is 3.86. The number of nitrogens with one attached hydrogen (secondary N) is 4. The Morgan fingerprint density at radius 2 is 2.03 bits per heavy atom. The van der Waals surface area contributed by atoms with Crippen molar-refractivity contribution in [3.8, 4) is 0 Å². The van der Waals surface area contributed by atoms with E-state index in [1.54, 1.807) is 12.5 Å². The van der Waals surface area contributed by atoms with Crippen LogP contribution in [0.3, 0.4) is 0 Å². The smallest absolute Gasteiger partial charge is 0.229 e. The highest BCUT2D eigenvalue weighted by Crippen LogP contribution is 2.27. The highest BCUT2D eigenvalue weighted by Gasteiger charge is 2.22. The van der Waals surface area contributed by atoms with Gasteiger partial charge in [0.1, 0.15) is 5.82 Å². The zero-order chi connectivity index (χ0) is 20.8. The van der Waals surface area contributed by atoms with E-state index in [1.165, 1.54) is 0 Å². The number of nitrogens with zero attached hydrogens (tertiary/aromatic N) is 3. The molecule has 8 nitrogen and oxygen atoms in total. The van der Waals surface area contributed by atoms with Crippen molar-refractivity contribution in [2.24, 2.45) is 5.92 Å². The molecule has 1 aliphatic carbocycles. The van der Waals surface area contributed by atoms with Crippen LogP contribution in [-0.2, 0) is 11.2 Å². The third kappa shape index (κ3) is 5.35. The van der Waals surface area contributed by atoms with Crippen LogP contribution in [0.4, 0.5) is 23.1 Å². The van der Waals surface area contributed by atoms with Gasteiger partial charge in [-0.2, -0.15) is 4.98 Å². The second-order valence-corrected chi connectivity index (χ2v) is 8.16. The van der Waals surface area contributed by atoms with Gasteiger partial charge in [-0.15, -0.1) is 0 Å². The molecule has 0 bridgehead atoms. The Balaban J connectivity index is 1.38. The Kier molecular flexibility index (Phi) is 6.58. The predicted molar refractivity (Wildman–Crippen MR) is 121 cm³/mol. The van der Waals surface area contributed by atoms with Crippen LogP contribution in [0, 0.1) is 5.92 Å². The summed E-state index contributed by atoms with van der Waals surface area (Å²) < 4.78 is 0.785. The van der Waals surface area contributed by atoms with Gasteiger partial charge in [-0.1, -0.05) is 18.9 Å². The number of amides is 1. The molecule has 1 saturated carbocycles. The van der Waals surface area contributed by atoms with E-state index in [9.17, 15) is 4.79 Å². The summed E-state index contributed by atoms with van der Waals surface area (Å²) >= 11 is 3.48. The lowest BCUT2D eigenvalue weighted by atomic mass is 10.1. The molecule has 1 aromatic carbocycles. The van der Waals surface area contributed by atoms with Crippen LogP contribution in [0.2, 0.25) is 0 Å². The minimum atomic E-state index is 0.105. The summed E-state index contributed by atoms with van der Waals surface area (Å²) in [6, 6.07) is 7.60. The van der Waals surface area contributed by atoms with E-state index in [-0.39, 0.29) is 11.8 Å². The zero-order valence-corrected chi connectivity index (χ0v) is 18.1. The van der Waals surface area contributed by atoms with Gasteiger partial charge < -0.3 is 20.9 Å². The molecule has 1 amide bonds. The number of aromatic nitrogens is 4. The number of aromatic amines is 1. The molecule has 1 aliphatic rings. The van der Waals surface area contributed by atoms with Crippen LogP contribution in [0.5, 0.6) is 0 Å². The maximum atomic E-state index is 12.4. The number of carbonyl (C=O) groups excluding carboxylic acids is 1. The second kappa shape index (κ2) is 9.71. The van der Waals surface area contributed by atoms with Crippen molar-refractivity contribution in [2.45, 2.75) is 32.1 Å². The molecule has 2 aromatic heterocycles. The fraction of sp³-hybridized carbons (Fsp3) is 0.333. The quantitative estimate of drug-likeness (QED) is 0.387. The van der Waals surface area contributed by atoms with Gasteiger partial charge in [0.25, 0.3) is 0 Å². The summed E-state index contributed by atoms with van der Waals surface area (Å²) in [5, 5.41) is 9.53. The van der Waals surface area contributed by atoms with E-state index in [2.05, 4.69) is 51.8 Å². The number of carbonyl (C=O) groups is 1. The Morgan fingerprint density at radius 3 is 2.83 bits per heavy atom. The van der Waals surface area contributed by atoms with Crippen LogP contribution in [0.15, 0.2) is 47.5 Å². The van der Waals surface area contributed by atoms with Crippen molar-refractivity contribution >= 4 is 45.0 Å². The summed E-state index contributed by atoms with van der Waals surface area (Å²) in [5.41, 5.74) is 2.57. The maximum Gasteiger partial charge on any atom is 0.229 e. The Hall–Kier alpha value is -2.94. The molecule has 156 valence electrons. The minimum Gasteiger partial charge on any atom is -0.369 e. The SMILES string of the molecule is O=C(Nc1cccc(Nc2ncc(Br)c(NCCc3c[nH]cn3)n2)c1)C1CCCC1. The number of anilines is 4. The highest BCUT2D eigenvalue weighted by atomic mass is 79.9. The van der Waals surface area contributed by atoms with Crippen molar-refractivity contribution in [3.05, 3.63) is 53.2 Å². The van der Waals surface area contributed by atoms with E-state index in [0.29, 0.717) is 18.3 Å². The lowest BCUT2D eigenvalue weighted by Crippen LogP contribution is -2.20. The Labute approximate surface area is 183 Å². The van der Waals surface area contributed by atoms with Crippen molar-refractivity contribution in [2.75, 3.05) is 22.5 Å². The molecule has 0 spiro atoms. The molecule has 0 aliphatic heterocycles. The van der Waals surface area contributed by atoms with Gasteiger partial charge in [0.15, 0.2) is 0 Å². The molecule has 0 unspecified atom stereocenters. The van der Waals surface area contributed by atoms with E-state index in [0.717, 1.165) is 53.6 Å². The van der Waals surface area contributed by atoms with Crippen LogP contribution in [0.1, 0.15) is 31.4 Å². The highest BCUT2D eigenvalue weighted by molar-refractivity contribution is 9.10. The molecule has 3 aromatic rings. The first kappa shape index (κ1) is 20.3. The summed E-state index contributed by atoms with van der Waals surface area (Å²) in [6.45, 7) is 0.697. The van der Waals surface area contributed by atoms with E-state index >= 15 is 0 Å². The first-order chi connectivity index (χ1) is 14.7. The van der Waals surface area contributed by atoms with Crippen LogP contribution in [-0.4, -0.2) is 32.4 Å². The van der Waals surface area contributed by atoms with Gasteiger partial charge >= 0.3 is 0 Å². The molecule has 4 rings (SSSR count). The lowest BCUT2D eigenvalue weighted by Gasteiger charge is -2.13. The van der Waals surface area contributed by atoms with Gasteiger partial charge in [0.05, 0.1) is 16.5 Å². The molecular weight excluding hydrogens is 446 g/mol. The van der Waals surface area contributed by atoms with Gasteiger partial charge in [-0.05, 0) is 47.0 Å². The molecule has 4 N–H and O–H groups in total. The maximum absolute atomic E-state index is 12.4. The average molecular weight is 470 g/mol. The van der Waals surface area contributed by atoms with Crippen LogP contribution < -0.4 is 16.0 Å². The third-order valence-electron chi connectivity index (χ3n) is 5.08. The van der Waals surface area contributed by atoms with Crippen LogP contribution >= 0.6 is 15.9 Å². The van der Waals surface area contributed by atoms with Crippen molar-refractivity contribution in [1.29, 1.82) is 0 Å². The number of hydrogen-bond acceptors (Lipinski definition) is 6. The van der Waals surface area contributed by atoms with Gasteiger partial charge in [0.2, 0.25) is 11.9 Å². The Morgan fingerprint density at radius 1 is 1.20 bits per heavy atom. The molecule has 0 saturated heterocycles. The van der Waals surface area contributed by atoms with Crippen molar-refractivity contribution < 1.29 is 4.79 Å². The molecule has 30 heavy (non-hydrogen) atoms. The Bertz CT molecular complexity index is 987. The molecule has 2 heterocycles. The number of benzene rings is 1. The molecule has 1 fully saturated rings. The first-order valence-corrected chi connectivity index (χ1v) is 10.9. The largest absolute Gasteiger partial charge is 0.369 e. The molecular formula is C21H24BrN7O.